The largest absolute Gasteiger partial charge is 0.481 e. The summed E-state index contributed by atoms with van der Waals surface area (Å²) in [5.74, 6) is -0.0589. The summed E-state index contributed by atoms with van der Waals surface area (Å²) in [6.45, 7) is 9.78. The average Bonchev–Trinajstić information content (AvgIpc) is 3.48. The van der Waals surface area contributed by atoms with Crippen LogP contribution >= 0.6 is 11.3 Å². The standard InChI is InChI=1S/C29H35F4N7O2S/c1-17-4-5-18(2)40(17)16-23-27(20-12-21(29(31,32)33)14-22(30)13-20)37-28(43-23)36-24-15-25(35-19(3)34-24)39-10-8-38(9-11-39)7-6-26(41)42/h12-15,17-18H,4-11,16H2,1-3H3,(H,41,42)(H,34,35,36,37)/t17-,18-/m1/s1. The second-order valence-electron chi connectivity index (χ2n) is 11.2. The first-order valence-electron chi connectivity index (χ1n) is 14.3. The summed E-state index contributed by atoms with van der Waals surface area (Å²) in [4.78, 5) is 31.9. The number of likely N-dealkylation sites (tertiary alicyclic amines) is 1. The molecule has 2 aliphatic rings. The molecule has 9 nitrogen and oxygen atoms in total. The Labute approximate surface area is 251 Å². The molecule has 14 heteroatoms. The van der Waals surface area contributed by atoms with Crippen LogP contribution in [-0.2, 0) is 17.5 Å². The van der Waals surface area contributed by atoms with E-state index in [4.69, 9.17) is 5.11 Å². The second-order valence-corrected chi connectivity index (χ2v) is 12.3. The number of anilines is 3. The van der Waals surface area contributed by atoms with Gasteiger partial charge in [-0.05, 0) is 51.8 Å². The number of halogens is 4. The summed E-state index contributed by atoms with van der Waals surface area (Å²) in [6.07, 6.45) is -2.55. The number of carboxylic acid groups (broad SMARTS) is 1. The lowest BCUT2D eigenvalue weighted by Gasteiger charge is -2.35. The Bertz CT molecular complexity index is 1450. The van der Waals surface area contributed by atoms with Gasteiger partial charge in [-0.2, -0.15) is 13.2 Å². The van der Waals surface area contributed by atoms with Crippen LogP contribution in [0.25, 0.3) is 11.3 Å². The van der Waals surface area contributed by atoms with Crippen LogP contribution in [0.3, 0.4) is 0 Å². The minimum Gasteiger partial charge on any atom is -0.481 e. The van der Waals surface area contributed by atoms with Gasteiger partial charge < -0.3 is 15.3 Å². The molecule has 0 radical (unpaired) electrons. The highest BCUT2D eigenvalue weighted by Crippen LogP contribution is 2.39. The highest BCUT2D eigenvalue weighted by Gasteiger charge is 2.33. The van der Waals surface area contributed by atoms with Crippen LogP contribution in [0.1, 0.15) is 49.4 Å². The Morgan fingerprint density at radius 3 is 2.40 bits per heavy atom. The van der Waals surface area contributed by atoms with E-state index in [1.54, 1.807) is 13.0 Å². The smallest absolute Gasteiger partial charge is 0.416 e. The number of piperazine rings is 1. The molecule has 2 N–H and O–H groups in total. The molecule has 2 aromatic heterocycles. The molecule has 232 valence electrons. The Balaban J connectivity index is 1.41. The van der Waals surface area contributed by atoms with E-state index in [0.29, 0.717) is 85.7 Å². The van der Waals surface area contributed by atoms with E-state index in [1.807, 2.05) is 0 Å². The highest BCUT2D eigenvalue weighted by atomic mass is 32.1. The van der Waals surface area contributed by atoms with Crippen LogP contribution in [0.5, 0.6) is 0 Å². The zero-order valence-corrected chi connectivity index (χ0v) is 25.1. The molecule has 0 spiro atoms. The number of hydrogen-bond donors (Lipinski definition) is 2. The van der Waals surface area contributed by atoms with Crippen LogP contribution in [0, 0.1) is 12.7 Å². The van der Waals surface area contributed by atoms with Gasteiger partial charge in [0.2, 0.25) is 0 Å². The number of thiazole rings is 1. The summed E-state index contributed by atoms with van der Waals surface area (Å²) < 4.78 is 55.1. The van der Waals surface area contributed by atoms with Crippen LogP contribution in [-0.4, -0.2) is 80.6 Å². The molecule has 0 amide bonds. The Kier molecular flexibility index (Phi) is 9.18. The summed E-state index contributed by atoms with van der Waals surface area (Å²) in [5, 5.41) is 12.6. The van der Waals surface area contributed by atoms with Crippen molar-refractivity contribution in [3.05, 3.63) is 46.3 Å². The lowest BCUT2D eigenvalue weighted by molar-refractivity contribution is -0.138. The number of carbonyl (C=O) groups is 1. The maximum Gasteiger partial charge on any atom is 0.416 e. The zero-order valence-electron chi connectivity index (χ0n) is 24.3. The van der Waals surface area contributed by atoms with E-state index in [0.717, 1.165) is 29.9 Å². The van der Waals surface area contributed by atoms with Gasteiger partial charge in [-0.3, -0.25) is 14.6 Å². The molecule has 0 unspecified atom stereocenters. The quantitative estimate of drug-likeness (QED) is 0.288. The first kappa shape index (κ1) is 31.1. The predicted octanol–water partition coefficient (Wildman–Crippen LogP) is 5.78. The minimum atomic E-state index is -4.69. The minimum absolute atomic E-state index is 0.0754. The van der Waals surface area contributed by atoms with Crippen molar-refractivity contribution in [3.8, 4) is 11.3 Å². The average molecular weight is 622 g/mol. The molecule has 0 bridgehead atoms. The number of nitrogens with zero attached hydrogens (tertiary/aromatic N) is 6. The highest BCUT2D eigenvalue weighted by molar-refractivity contribution is 7.16. The first-order chi connectivity index (χ1) is 20.4. The van der Waals surface area contributed by atoms with Gasteiger partial charge in [0.1, 0.15) is 23.3 Å². The fourth-order valence-electron chi connectivity index (χ4n) is 5.70. The lowest BCUT2D eigenvalue weighted by Crippen LogP contribution is -2.47. The Morgan fingerprint density at radius 2 is 1.74 bits per heavy atom. The summed E-state index contributed by atoms with van der Waals surface area (Å²) in [6, 6.07) is 4.95. The van der Waals surface area contributed by atoms with E-state index in [2.05, 4.69) is 48.8 Å². The summed E-state index contributed by atoms with van der Waals surface area (Å²) in [5.41, 5.74) is -0.670. The SMILES string of the molecule is Cc1nc(Nc2nc(-c3cc(F)cc(C(F)(F)F)c3)c(CN3[C@H](C)CC[C@H]3C)s2)cc(N2CCN(CCC(=O)O)CC2)n1. The molecule has 0 saturated carbocycles. The summed E-state index contributed by atoms with van der Waals surface area (Å²) >= 11 is 1.32. The van der Waals surface area contributed by atoms with Gasteiger partial charge in [0.05, 0.1) is 17.7 Å². The van der Waals surface area contributed by atoms with Gasteiger partial charge in [0.15, 0.2) is 5.13 Å². The number of alkyl halides is 3. The molecular formula is C29H35F4N7O2S. The third-order valence-electron chi connectivity index (χ3n) is 8.05. The lowest BCUT2D eigenvalue weighted by atomic mass is 10.1. The summed E-state index contributed by atoms with van der Waals surface area (Å²) in [7, 11) is 0. The number of benzene rings is 1. The van der Waals surface area contributed by atoms with Gasteiger partial charge in [-0.15, -0.1) is 0 Å². The molecule has 3 aromatic rings. The topological polar surface area (TPSA) is 97.7 Å². The van der Waals surface area contributed by atoms with Crippen molar-refractivity contribution < 1.29 is 27.5 Å². The maximum absolute atomic E-state index is 14.4. The van der Waals surface area contributed by atoms with Crippen molar-refractivity contribution in [1.29, 1.82) is 0 Å². The first-order valence-corrected chi connectivity index (χ1v) is 15.1. The fraction of sp³-hybridized carbons (Fsp3) is 0.517. The van der Waals surface area contributed by atoms with Gasteiger partial charge in [0.25, 0.3) is 0 Å². The Morgan fingerprint density at radius 1 is 1.05 bits per heavy atom. The second kappa shape index (κ2) is 12.7. The van der Waals surface area contributed by atoms with Crippen molar-refractivity contribution in [1.82, 2.24) is 24.8 Å². The third-order valence-corrected chi connectivity index (χ3v) is 9.01. The van der Waals surface area contributed by atoms with Crippen molar-refractivity contribution in [2.24, 2.45) is 0 Å². The molecule has 5 rings (SSSR count). The van der Waals surface area contributed by atoms with Crippen molar-refractivity contribution >= 4 is 34.1 Å². The molecule has 4 heterocycles. The van der Waals surface area contributed by atoms with E-state index in [1.165, 1.54) is 11.3 Å². The fourth-order valence-corrected chi connectivity index (χ4v) is 6.70. The van der Waals surface area contributed by atoms with E-state index in [9.17, 15) is 22.4 Å². The molecule has 2 atom stereocenters. The number of carboxylic acids is 1. The van der Waals surface area contributed by atoms with Gasteiger partial charge in [-0.25, -0.2) is 19.3 Å². The maximum atomic E-state index is 14.4. The monoisotopic (exact) mass is 621 g/mol. The Hall–Kier alpha value is -3.36. The number of nitrogens with one attached hydrogen (secondary N) is 1. The van der Waals surface area contributed by atoms with Crippen LogP contribution < -0.4 is 10.2 Å². The number of rotatable bonds is 9. The molecule has 43 heavy (non-hydrogen) atoms. The van der Waals surface area contributed by atoms with Gasteiger partial charge >= 0.3 is 12.1 Å². The molecule has 2 saturated heterocycles. The number of hydrogen-bond acceptors (Lipinski definition) is 9. The van der Waals surface area contributed by atoms with Gasteiger partial charge in [0, 0.05) is 67.9 Å². The number of aliphatic carboxylic acids is 1. The normalized spacial score (nSPS) is 20.1. The third kappa shape index (κ3) is 7.60. The van der Waals surface area contributed by atoms with Crippen molar-refractivity contribution in [2.75, 3.05) is 42.9 Å². The van der Waals surface area contributed by atoms with Crippen molar-refractivity contribution in [2.45, 2.75) is 64.8 Å². The van der Waals surface area contributed by atoms with Crippen LogP contribution in [0.15, 0.2) is 24.3 Å². The van der Waals surface area contributed by atoms with E-state index >= 15 is 0 Å². The van der Waals surface area contributed by atoms with Gasteiger partial charge in [-0.1, -0.05) is 11.3 Å². The molecular weight excluding hydrogens is 586 g/mol. The van der Waals surface area contributed by atoms with Crippen molar-refractivity contribution in [3.63, 3.8) is 0 Å². The molecule has 0 aliphatic carbocycles. The number of aromatic nitrogens is 3. The number of aryl methyl sites for hydroxylation is 1. The van der Waals surface area contributed by atoms with Crippen LogP contribution in [0.4, 0.5) is 34.3 Å². The van der Waals surface area contributed by atoms with E-state index < -0.39 is 23.5 Å². The predicted molar refractivity (Wildman–Crippen MR) is 157 cm³/mol. The molecule has 2 aliphatic heterocycles. The molecule has 2 fully saturated rings. The van der Waals surface area contributed by atoms with Crippen LogP contribution in [0.2, 0.25) is 0 Å². The molecule has 1 aromatic carbocycles. The zero-order chi connectivity index (χ0) is 30.9. The van der Waals surface area contributed by atoms with E-state index in [-0.39, 0.29) is 12.0 Å².